The first-order valence-electron chi connectivity index (χ1n) is 8.35. The van der Waals surface area contributed by atoms with Gasteiger partial charge in [-0.25, -0.2) is 4.68 Å². The molecule has 3 rings (SSSR count). The lowest BCUT2D eigenvalue weighted by molar-refractivity contribution is -0.147. The number of nitrogens with zero attached hydrogens (tertiary/aromatic N) is 3. The molecule has 5 nitrogen and oxygen atoms in total. The van der Waals surface area contributed by atoms with Gasteiger partial charge in [0.1, 0.15) is 0 Å². The number of carboxylic acids is 1. The average Bonchev–Trinajstić information content (AvgIpc) is 2.86. The Morgan fingerprint density at radius 1 is 1.25 bits per heavy atom. The average molecular weight is 327 g/mol. The van der Waals surface area contributed by atoms with Gasteiger partial charge in [-0.3, -0.25) is 9.69 Å². The molecule has 0 atom stereocenters. The van der Waals surface area contributed by atoms with E-state index in [0.29, 0.717) is 13.1 Å². The number of carboxylic acid groups (broad SMARTS) is 1. The van der Waals surface area contributed by atoms with Crippen molar-refractivity contribution in [3.8, 4) is 5.69 Å². The molecule has 0 saturated carbocycles. The maximum absolute atomic E-state index is 11.0. The Morgan fingerprint density at radius 3 is 2.42 bits per heavy atom. The molecule has 1 fully saturated rings. The predicted molar refractivity (Wildman–Crippen MR) is 93.4 cm³/mol. The summed E-state index contributed by atoms with van der Waals surface area (Å²) >= 11 is 0. The Labute approximate surface area is 142 Å². The molecule has 0 bridgehead atoms. The highest BCUT2D eigenvalue weighted by Crippen LogP contribution is 2.28. The second kappa shape index (κ2) is 6.06. The van der Waals surface area contributed by atoms with E-state index in [-0.39, 0.29) is 11.3 Å². The van der Waals surface area contributed by atoms with E-state index in [4.69, 9.17) is 10.2 Å². The lowest BCUT2D eigenvalue weighted by atomic mass is 9.89. The first-order valence-corrected chi connectivity index (χ1v) is 8.35. The number of aryl methyl sites for hydroxylation is 1. The zero-order chi connectivity index (χ0) is 17.5. The summed E-state index contributed by atoms with van der Waals surface area (Å²) in [6.07, 6.45) is 2.08. The van der Waals surface area contributed by atoms with Gasteiger partial charge in [-0.2, -0.15) is 5.10 Å². The van der Waals surface area contributed by atoms with Crippen molar-refractivity contribution >= 4 is 5.97 Å². The van der Waals surface area contributed by atoms with Crippen LogP contribution in [-0.4, -0.2) is 38.8 Å². The van der Waals surface area contributed by atoms with Gasteiger partial charge in [-0.1, -0.05) is 38.5 Å². The van der Waals surface area contributed by atoms with Crippen molar-refractivity contribution in [3.05, 3.63) is 47.3 Å². The lowest BCUT2D eigenvalue weighted by Gasteiger charge is -2.36. The van der Waals surface area contributed by atoms with Crippen molar-refractivity contribution in [3.63, 3.8) is 0 Å². The maximum atomic E-state index is 11.0. The first kappa shape index (κ1) is 16.7. The maximum Gasteiger partial charge on any atom is 0.309 e. The number of aliphatic carboxylic acids is 1. The molecule has 2 heterocycles. The lowest BCUT2D eigenvalue weighted by Crippen LogP contribution is -2.49. The molecule has 1 saturated heterocycles. The highest BCUT2D eigenvalue weighted by atomic mass is 16.4. The highest BCUT2D eigenvalue weighted by Gasteiger charge is 2.34. The van der Waals surface area contributed by atoms with Crippen LogP contribution < -0.4 is 0 Å². The number of hydrogen-bond acceptors (Lipinski definition) is 3. The van der Waals surface area contributed by atoms with Crippen LogP contribution in [0.1, 0.15) is 37.6 Å². The molecule has 5 heteroatoms. The van der Waals surface area contributed by atoms with Gasteiger partial charge < -0.3 is 5.11 Å². The second-order valence-electron chi connectivity index (χ2n) is 7.76. The van der Waals surface area contributed by atoms with Gasteiger partial charge in [-0.15, -0.1) is 0 Å². The van der Waals surface area contributed by atoms with E-state index in [1.54, 1.807) is 0 Å². The topological polar surface area (TPSA) is 58.4 Å². The van der Waals surface area contributed by atoms with E-state index in [9.17, 15) is 4.79 Å². The summed E-state index contributed by atoms with van der Waals surface area (Å²) in [5, 5.41) is 13.9. The zero-order valence-electron chi connectivity index (χ0n) is 14.8. The Bertz CT molecular complexity index is 735. The van der Waals surface area contributed by atoms with E-state index in [1.165, 1.54) is 11.1 Å². The molecular weight excluding hydrogens is 302 g/mol. The van der Waals surface area contributed by atoms with Gasteiger partial charge in [0.25, 0.3) is 0 Å². The van der Waals surface area contributed by atoms with E-state index < -0.39 is 5.97 Å². The molecule has 2 aromatic rings. The van der Waals surface area contributed by atoms with Crippen LogP contribution in [0.15, 0.2) is 30.5 Å². The van der Waals surface area contributed by atoms with Crippen LogP contribution in [0.2, 0.25) is 0 Å². The first-order chi connectivity index (χ1) is 11.2. The number of benzene rings is 1. The van der Waals surface area contributed by atoms with Crippen molar-refractivity contribution in [2.75, 3.05) is 13.1 Å². The van der Waals surface area contributed by atoms with Crippen LogP contribution in [0.25, 0.3) is 5.69 Å². The third-order valence-electron chi connectivity index (χ3n) is 4.50. The summed E-state index contributed by atoms with van der Waals surface area (Å²) in [7, 11) is 0. The molecule has 1 aromatic heterocycles. The van der Waals surface area contributed by atoms with Gasteiger partial charge in [-0.05, 0) is 19.1 Å². The fraction of sp³-hybridized carbons (Fsp3) is 0.474. The predicted octanol–water partition coefficient (Wildman–Crippen LogP) is 2.99. The fourth-order valence-corrected chi connectivity index (χ4v) is 3.08. The minimum absolute atomic E-state index is 0.0532. The zero-order valence-corrected chi connectivity index (χ0v) is 14.8. The minimum Gasteiger partial charge on any atom is -0.481 e. The van der Waals surface area contributed by atoms with Crippen LogP contribution >= 0.6 is 0 Å². The number of carbonyl (C=O) groups is 1. The highest BCUT2D eigenvalue weighted by molar-refractivity contribution is 5.71. The Balaban J connectivity index is 1.85. The quantitative estimate of drug-likeness (QED) is 0.938. The molecule has 1 aliphatic heterocycles. The van der Waals surface area contributed by atoms with Gasteiger partial charge in [0.05, 0.1) is 17.3 Å². The number of hydrogen-bond donors (Lipinski definition) is 1. The largest absolute Gasteiger partial charge is 0.481 e. The third-order valence-corrected chi connectivity index (χ3v) is 4.50. The van der Waals surface area contributed by atoms with Crippen LogP contribution in [0, 0.1) is 12.8 Å². The third kappa shape index (κ3) is 3.36. The summed E-state index contributed by atoms with van der Waals surface area (Å²) in [4.78, 5) is 13.2. The molecule has 0 aliphatic carbocycles. The summed E-state index contributed by atoms with van der Waals surface area (Å²) in [5.74, 6) is -0.923. The Hall–Kier alpha value is -2.14. The van der Waals surface area contributed by atoms with Gasteiger partial charge in [0, 0.05) is 36.8 Å². The molecule has 24 heavy (non-hydrogen) atoms. The molecule has 1 aromatic carbocycles. The SMILES string of the molecule is Cc1ccc(-n2cc(CN3CC(C(=O)O)C3)c(C(C)(C)C)n2)cc1. The van der Waals surface area contributed by atoms with Crippen LogP contribution in [0.3, 0.4) is 0 Å². The van der Waals surface area contributed by atoms with Gasteiger partial charge >= 0.3 is 5.97 Å². The van der Waals surface area contributed by atoms with Crippen molar-refractivity contribution in [1.29, 1.82) is 0 Å². The van der Waals surface area contributed by atoms with Gasteiger partial charge in [0.15, 0.2) is 0 Å². The molecule has 128 valence electrons. The van der Waals surface area contributed by atoms with Crippen molar-refractivity contribution < 1.29 is 9.90 Å². The number of aromatic nitrogens is 2. The molecular formula is C19H25N3O2. The summed E-state index contributed by atoms with van der Waals surface area (Å²) in [6.45, 7) is 10.5. The molecule has 1 N–H and O–H groups in total. The van der Waals surface area contributed by atoms with E-state index in [1.807, 2.05) is 4.68 Å². The summed E-state index contributed by atoms with van der Waals surface area (Å²) in [6, 6.07) is 8.31. The monoisotopic (exact) mass is 327 g/mol. The Kier molecular flexibility index (Phi) is 4.22. The standard InChI is InChI=1S/C19H25N3O2/c1-13-5-7-16(8-6-13)22-12-14(17(20-22)19(2,3)4)9-21-10-15(11-21)18(23)24/h5-8,12,15H,9-11H2,1-4H3,(H,23,24). The number of likely N-dealkylation sites (tertiary alicyclic amines) is 1. The van der Waals surface area contributed by atoms with E-state index >= 15 is 0 Å². The van der Waals surface area contributed by atoms with E-state index in [0.717, 1.165) is 17.9 Å². The second-order valence-corrected chi connectivity index (χ2v) is 7.76. The molecule has 1 aliphatic rings. The van der Waals surface area contributed by atoms with Gasteiger partial charge in [0.2, 0.25) is 0 Å². The fourth-order valence-electron chi connectivity index (χ4n) is 3.08. The normalized spacial score (nSPS) is 16.2. The smallest absolute Gasteiger partial charge is 0.309 e. The summed E-state index contributed by atoms with van der Waals surface area (Å²) < 4.78 is 1.93. The van der Waals surface area contributed by atoms with Crippen molar-refractivity contribution in [2.45, 2.75) is 39.7 Å². The van der Waals surface area contributed by atoms with E-state index in [2.05, 4.69) is 63.1 Å². The molecule has 0 unspecified atom stereocenters. The van der Waals surface area contributed by atoms with Crippen LogP contribution in [0.4, 0.5) is 0 Å². The Morgan fingerprint density at radius 2 is 1.88 bits per heavy atom. The molecule has 0 amide bonds. The molecule has 0 radical (unpaired) electrons. The number of rotatable bonds is 4. The van der Waals surface area contributed by atoms with Crippen LogP contribution in [-0.2, 0) is 16.8 Å². The van der Waals surface area contributed by atoms with Crippen molar-refractivity contribution in [1.82, 2.24) is 14.7 Å². The summed E-state index contributed by atoms with van der Waals surface area (Å²) in [5.41, 5.74) is 4.46. The van der Waals surface area contributed by atoms with Crippen LogP contribution in [0.5, 0.6) is 0 Å². The minimum atomic E-state index is -0.697. The van der Waals surface area contributed by atoms with Crippen molar-refractivity contribution in [2.24, 2.45) is 5.92 Å². The molecule has 0 spiro atoms.